The van der Waals surface area contributed by atoms with Gasteiger partial charge in [0.1, 0.15) is 0 Å². The van der Waals surface area contributed by atoms with E-state index in [1.54, 1.807) is 6.07 Å². The molecule has 1 aromatic carbocycles. The van der Waals surface area contributed by atoms with Gasteiger partial charge >= 0.3 is 5.97 Å². The van der Waals surface area contributed by atoms with Crippen molar-refractivity contribution in [2.45, 2.75) is 0 Å². The van der Waals surface area contributed by atoms with E-state index < -0.39 is 5.97 Å². The summed E-state index contributed by atoms with van der Waals surface area (Å²) in [7, 11) is 0. The zero-order valence-corrected chi connectivity index (χ0v) is 7.73. The van der Waals surface area contributed by atoms with Gasteiger partial charge in [-0.3, -0.25) is 0 Å². The normalized spacial score (nSPS) is 9.31. The number of halogens is 2. The van der Waals surface area contributed by atoms with Crippen LogP contribution in [0.4, 0.5) is 0 Å². The third-order valence-corrected chi connectivity index (χ3v) is 2.19. The molecule has 0 atom stereocenters. The topological polar surface area (TPSA) is 61.1 Å². The number of hydrogen-bond donors (Lipinski definition) is 1. The summed E-state index contributed by atoms with van der Waals surface area (Å²) in [6.45, 7) is 0. The average Bonchev–Trinajstić information content (AvgIpc) is 2.09. The Balaban J connectivity index is 3.44. The standard InChI is InChI=1S/C8H3Cl2NO2/c9-6-2-4(3-11)1-5(7(6)10)8(12)13/h1-2H,(H,12,13). The molecule has 0 saturated heterocycles. The largest absolute Gasteiger partial charge is 0.478 e. The molecular weight excluding hydrogens is 213 g/mol. The van der Waals surface area contributed by atoms with Crippen LogP contribution in [0.5, 0.6) is 0 Å². The van der Waals surface area contributed by atoms with Gasteiger partial charge in [0, 0.05) is 0 Å². The van der Waals surface area contributed by atoms with Crippen LogP contribution >= 0.6 is 23.2 Å². The Morgan fingerprint density at radius 2 is 2.08 bits per heavy atom. The van der Waals surface area contributed by atoms with Crippen molar-refractivity contribution >= 4 is 29.2 Å². The number of nitrogens with zero attached hydrogens (tertiary/aromatic N) is 1. The maximum atomic E-state index is 10.6. The fraction of sp³-hybridized carbons (Fsp3) is 0. The van der Waals surface area contributed by atoms with E-state index in [-0.39, 0.29) is 21.2 Å². The molecule has 0 fully saturated rings. The van der Waals surface area contributed by atoms with Crippen LogP contribution in [0.1, 0.15) is 15.9 Å². The van der Waals surface area contributed by atoms with E-state index in [0.29, 0.717) is 0 Å². The first-order valence-electron chi connectivity index (χ1n) is 3.18. The number of hydrogen-bond acceptors (Lipinski definition) is 2. The number of rotatable bonds is 1. The second kappa shape index (κ2) is 3.65. The minimum atomic E-state index is -1.20. The van der Waals surface area contributed by atoms with Crippen LogP contribution in [0.3, 0.4) is 0 Å². The minimum Gasteiger partial charge on any atom is -0.478 e. The molecule has 0 radical (unpaired) electrons. The highest BCUT2D eigenvalue weighted by molar-refractivity contribution is 6.43. The van der Waals surface area contributed by atoms with Crippen LogP contribution in [0.15, 0.2) is 12.1 Å². The van der Waals surface area contributed by atoms with Crippen molar-refractivity contribution in [3.8, 4) is 6.07 Å². The molecule has 0 aliphatic rings. The molecule has 3 nitrogen and oxygen atoms in total. The number of carboxylic acid groups (broad SMARTS) is 1. The first kappa shape index (κ1) is 9.85. The van der Waals surface area contributed by atoms with Crippen LogP contribution in [-0.2, 0) is 0 Å². The van der Waals surface area contributed by atoms with Gasteiger partial charge < -0.3 is 5.11 Å². The van der Waals surface area contributed by atoms with E-state index in [1.807, 2.05) is 0 Å². The first-order chi connectivity index (χ1) is 6.06. The predicted octanol–water partition coefficient (Wildman–Crippen LogP) is 2.56. The number of nitriles is 1. The molecule has 5 heteroatoms. The SMILES string of the molecule is N#Cc1cc(Cl)c(Cl)c(C(=O)O)c1. The summed E-state index contributed by atoms with van der Waals surface area (Å²) in [4.78, 5) is 10.6. The van der Waals surface area contributed by atoms with Crippen molar-refractivity contribution in [2.24, 2.45) is 0 Å². The summed E-state index contributed by atoms with van der Waals surface area (Å²) in [6.07, 6.45) is 0. The lowest BCUT2D eigenvalue weighted by atomic mass is 10.1. The highest BCUT2D eigenvalue weighted by Gasteiger charge is 2.13. The third kappa shape index (κ3) is 1.92. The van der Waals surface area contributed by atoms with Gasteiger partial charge in [-0.25, -0.2) is 4.79 Å². The van der Waals surface area contributed by atoms with Gasteiger partial charge in [0.05, 0.1) is 27.2 Å². The Labute approximate surface area is 84.1 Å². The molecule has 0 spiro atoms. The second-order valence-corrected chi connectivity index (χ2v) is 3.02. The Morgan fingerprint density at radius 1 is 1.46 bits per heavy atom. The maximum absolute atomic E-state index is 10.6. The van der Waals surface area contributed by atoms with E-state index in [9.17, 15) is 4.79 Å². The van der Waals surface area contributed by atoms with Gasteiger partial charge in [-0.05, 0) is 12.1 Å². The summed E-state index contributed by atoms with van der Waals surface area (Å²) in [6, 6.07) is 4.28. The molecule has 0 aliphatic carbocycles. The Bertz CT molecular complexity index is 409. The zero-order chi connectivity index (χ0) is 10.0. The van der Waals surface area contributed by atoms with Crippen molar-refractivity contribution in [1.29, 1.82) is 5.26 Å². The van der Waals surface area contributed by atoms with Crippen molar-refractivity contribution in [1.82, 2.24) is 0 Å². The molecule has 0 saturated carbocycles. The summed E-state index contributed by atoms with van der Waals surface area (Å²) in [5, 5.41) is 17.2. The van der Waals surface area contributed by atoms with E-state index in [1.165, 1.54) is 12.1 Å². The molecule has 1 N–H and O–H groups in total. The van der Waals surface area contributed by atoms with Crippen LogP contribution in [0, 0.1) is 11.3 Å². The highest BCUT2D eigenvalue weighted by atomic mass is 35.5. The molecule has 0 heterocycles. The minimum absolute atomic E-state index is 0.0480. The molecule has 13 heavy (non-hydrogen) atoms. The number of carboxylic acids is 1. The maximum Gasteiger partial charge on any atom is 0.337 e. The van der Waals surface area contributed by atoms with Crippen molar-refractivity contribution in [3.63, 3.8) is 0 Å². The monoisotopic (exact) mass is 215 g/mol. The molecule has 1 aromatic rings. The van der Waals surface area contributed by atoms with Crippen molar-refractivity contribution < 1.29 is 9.90 Å². The lowest BCUT2D eigenvalue weighted by Gasteiger charge is -2.00. The zero-order valence-electron chi connectivity index (χ0n) is 6.21. The van der Waals surface area contributed by atoms with E-state index in [2.05, 4.69) is 0 Å². The van der Waals surface area contributed by atoms with E-state index in [4.69, 9.17) is 33.6 Å². The second-order valence-electron chi connectivity index (χ2n) is 2.24. The first-order valence-corrected chi connectivity index (χ1v) is 3.94. The van der Waals surface area contributed by atoms with Crippen molar-refractivity contribution in [3.05, 3.63) is 33.3 Å². The van der Waals surface area contributed by atoms with E-state index in [0.717, 1.165) is 0 Å². The van der Waals surface area contributed by atoms with Crippen LogP contribution in [-0.4, -0.2) is 11.1 Å². The van der Waals surface area contributed by atoms with E-state index >= 15 is 0 Å². The molecule has 0 amide bonds. The fourth-order valence-electron chi connectivity index (χ4n) is 0.809. The van der Waals surface area contributed by atoms with Crippen LogP contribution < -0.4 is 0 Å². The van der Waals surface area contributed by atoms with Gasteiger partial charge in [-0.2, -0.15) is 5.26 Å². The molecule has 0 bridgehead atoms. The molecule has 0 aromatic heterocycles. The van der Waals surface area contributed by atoms with Crippen molar-refractivity contribution in [2.75, 3.05) is 0 Å². The number of benzene rings is 1. The quantitative estimate of drug-likeness (QED) is 0.784. The molecule has 66 valence electrons. The van der Waals surface area contributed by atoms with Gasteiger partial charge in [0.25, 0.3) is 0 Å². The van der Waals surface area contributed by atoms with Crippen LogP contribution in [0.2, 0.25) is 10.0 Å². The Hall–Kier alpha value is -1.24. The lowest BCUT2D eigenvalue weighted by Crippen LogP contribution is -1.98. The van der Waals surface area contributed by atoms with Gasteiger partial charge in [0.2, 0.25) is 0 Å². The fourth-order valence-corrected chi connectivity index (χ4v) is 1.22. The predicted molar refractivity (Wildman–Crippen MR) is 48.1 cm³/mol. The molecule has 0 unspecified atom stereocenters. The Morgan fingerprint density at radius 3 is 2.54 bits per heavy atom. The average molecular weight is 216 g/mol. The third-order valence-electron chi connectivity index (χ3n) is 1.39. The van der Waals surface area contributed by atoms with Gasteiger partial charge in [-0.1, -0.05) is 23.2 Å². The molecule has 1 rings (SSSR count). The van der Waals surface area contributed by atoms with Gasteiger partial charge in [0.15, 0.2) is 0 Å². The summed E-state index contributed by atoms with van der Waals surface area (Å²) < 4.78 is 0. The summed E-state index contributed by atoms with van der Waals surface area (Å²) in [5.74, 6) is -1.20. The number of aromatic carboxylic acids is 1. The smallest absolute Gasteiger partial charge is 0.337 e. The molecule has 0 aliphatic heterocycles. The summed E-state index contributed by atoms with van der Waals surface area (Å²) >= 11 is 11.2. The molecular formula is C8H3Cl2NO2. The Kier molecular flexibility index (Phi) is 2.76. The lowest BCUT2D eigenvalue weighted by molar-refractivity contribution is 0.0697. The number of carbonyl (C=O) groups is 1. The van der Waals surface area contributed by atoms with Gasteiger partial charge in [-0.15, -0.1) is 0 Å². The highest BCUT2D eigenvalue weighted by Crippen LogP contribution is 2.27. The summed E-state index contributed by atoms with van der Waals surface area (Å²) in [5.41, 5.74) is 0.0116. The van der Waals surface area contributed by atoms with Crippen LogP contribution in [0.25, 0.3) is 0 Å².